The van der Waals surface area contributed by atoms with Crippen LogP contribution < -0.4 is 15.5 Å². The zero-order valence-electron chi connectivity index (χ0n) is 19.3. The summed E-state index contributed by atoms with van der Waals surface area (Å²) >= 11 is 0. The lowest BCUT2D eigenvalue weighted by atomic mass is 10.1. The minimum atomic E-state index is -1.17. The number of hydrogen-bond donors (Lipinski definition) is 2. The van der Waals surface area contributed by atoms with E-state index in [1.54, 1.807) is 25.1 Å². The molecule has 9 nitrogen and oxygen atoms in total. The second-order valence-electron chi connectivity index (χ2n) is 8.52. The summed E-state index contributed by atoms with van der Waals surface area (Å²) < 4.78 is 24.6. The van der Waals surface area contributed by atoms with Crippen LogP contribution in [0.3, 0.4) is 0 Å². The molecule has 1 fully saturated rings. The Morgan fingerprint density at radius 2 is 1.94 bits per heavy atom. The molecular formula is C25H27FN4O5. The Labute approximate surface area is 201 Å². The first-order valence-corrected chi connectivity index (χ1v) is 11.6. The van der Waals surface area contributed by atoms with E-state index in [-0.39, 0.29) is 36.1 Å². The van der Waals surface area contributed by atoms with Gasteiger partial charge >= 0.3 is 0 Å². The van der Waals surface area contributed by atoms with Gasteiger partial charge in [0.05, 0.1) is 6.26 Å². The highest BCUT2D eigenvalue weighted by Gasteiger charge is 2.36. The van der Waals surface area contributed by atoms with Crippen LogP contribution in [0, 0.1) is 12.7 Å². The number of amides is 3. The maximum Gasteiger partial charge on any atom is 0.251 e. The lowest BCUT2D eigenvalue weighted by molar-refractivity contribution is -0.128. The second-order valence-corrected chi connectivity index (χ2v) is 8.52. The SMILES string of the molecule is Cc1cc(NC(=O)CCC(=O)N(c2cccc(F)c2)C(C(=O)NC2CCCC2)c2ccco2)no1. The summed E-state index contributed by atoms with van der Waals surface area (Å²) in [6.45, 7) is 1.69. The quantitative estimate of drug-likeness (QED) is 0.470. The first kappa shape index (κ1) is 24.2. The van der Waals surface area contributed by atoms with Crippen molar-refractivity contribution in [2.75, 3.05) is 10.2 Å². The standard InChI is InChI=1S/C25H27FN4O5/c1-16-14-21(29-35-16)28-22(31)11-12-23(32)30(19-9-4-6-17(26)15-19)24(20-10-5-13-34-20)25(33)27-18-7-2-3-8-18/h4-6,9-10,13-15,18,24H,2-3,7-8,11-12H2,1H3,(H,27,33)(H,28,29,31). The van der Waals surface area contributed by atoms with Gasteiger partial charge in [-0.1, -0.05) is 24.1 Å². The third-order valence-electron chi connectivity index (χ3n) is 5.84. The minimum Gasteiger partial charge on any atom is -0.467 e. The van der Waals surface area contributed by atoms with Crippen LogP contribution in [0.2, 0.25) is 0 Å². The summed E-state index contributed by atoms with van der Waals surface area (Å²) in [6, 6.07) is 9.03. The lowest BCUT2D eigenvalue weighted by Crippen LogP contribution is -2.46. The number of nitrogens with one attached hydrogen (secondary N) is 2. The number of rotatable bonds is 9. The molecule has 1 aliphatic rings. The Hall–Kier alpha value is -3.95. The maximum atomic E-state index is 14.1. The van der Waals surface area contributed by atoms with Crippen LogP contribution in [0.25, 0.3) is 0 Å². The molecule has 0 saturated heterocycles. The number of benzene rings is 1. The third kappa shape index (κ3) is 6.14. The fraction of sp³-hybridized carbons (Fsp3) is 0.360. The predicted molar refractivity (Wildman–Crippen MR) is 125 cm³/mol. The van der Waals surface area contributed by atoms with Gasteiger partial charge in [-0.3, -0.25) is 19.3 Å². The topological polar surface area (TPSA) is 118 Å². The molecule has 0 spiro atoms. The van der Waals surface area contributed by atoms with Crippen LogP contribution in [0.5, 0.6) is 0 Å². The van der Waals surface area contributed by atoms with Gasteiger partial charge in [0.1, 0.15) is 17.3 Å². The van der Waals surface area contributed by atoms with Crippen LogP contribution in [0.15, 0.2) is 57.7 Å². The number of nitrogens with zero attached hydrogens (tertiary/aromatic N) is 2. The van der Waals surface area contributed by atoms with Crippen LogP contribution >= 0.6 is 0 Å². The van der Waals surface area contributed by atoms with Crippen molar-refractivity contribution >= 4 is 29.2 Å². The molecule has 1 atom stereocenters. The monoisotopic (exact) mass is 482 g/mol. The van der Waals surface area contributed by atoms with Gasteiger partial charge in [0.25, 0.3) is 5.91 Å². The first-order chi connectivity index (χ1) is 16.9. The van der Waals surface area contributed by atoms with E-state index in [1.807, 2.05) is 0 Å². The van der Waals surface area contributed by atoms with Crippen molar-refractivity contribution in [3.05, 3.63) is 66.1 Å². The van der Waals surface area contributed by atoms with E-state index in [2.05, 4.69) is 15.8 Å². The van der Waals surface area contributed by atoms with E-state index in [9.17, 15) is 18.8 Å². The summed E-state index contributed by atoms with van der Waals surface area (Å²) in [6.07, 6.45) is 4.75. The van der Waals surface area contributed by atoms with Crippen molar-refractivity contribution in [3.8, 4) is 0 Å². The summed E-state index contributed by atoms with van der Waals surface area (Å²) in [5, 5.41) is 9.26. The van der Waals surface area contributed by atoms with Crippen LogP contribution in [0.4, 0.5) is 15.9 Å². The van der Waals surface area contributed by atoms with E-state index >= 15 is 0 Å². The van der Waals surface area contributed by atoms with Crippen LogP contribution in [-0.4, -0.2) is 28.9 Å². The van der Waals surface area contributed by atoms with Gasteiger partial charge in [-0.15, -0.1) is 0 Å². The largest absolute Gasteiger partial charge is 0.467 e. The molecule has 3 aromatic rings. The molecule has 0 bridgehead atoms. The van der Waals surface area contributed by atoms with E-state index in [0.717, 1.165) is 25.7 Å². The number of aromatic nitrogens is 1. The molecule has 1 aromatic carbocycles. The molecule has 3 amide bonds. The van der Waals surface area contributed by atoms with Gasteiger partial charge in [-0.2, -0.15) is 0 Å². The molecule has 2 aromatic heterocycles. The molecule has 0 aliphatic heterocycles. The predicted octanol–water partition coefficient (Wildman–Crippen LogP) is 4.27. The highest BCUT2D eigenvalue weighted by molar-refractivity contribution is 6.03. The Bertz CT molecular complexity index is 1170. The molecule has 2 heterocycles. The Morgan fingerprint density at radius 1 is 1.14 bits per heavy atom. The normalized spacial score (nSPS) is 14.5. The smallest absolute Gasteiger partial charge is 0.251 e. The second kappa shape index (κ2) is 11.0. The average Bonchev–Trinajstić information content (AvgIpc) is 3.60. The maximum absolute atomic E-state index is 14.1. The molecule has 2 N–H and O–H groups in total. The van der Waals surface area contributed by atoms with Crippen molar-refractivity contribution in [1.29, 1.82) is 0 Å². The summed E-state index contributed by atoms with van der Waals surface area (Å²) in [7, 11) is 0. The number of halogens is 1. The van der Waals surface area contributed by atoms with Crippen molar-refractivity contribution in [3.63, 3.8) is 0 Å². The molecule has 1 unspecified atom stereocenters. The summed E-state index contributed by atoms with van der Waals surface area (Å²) in [5.41, 5.74) is 0.186. The Morgan fingerprint density at radius 3 is 2.60 bits per heavy atom. The van der Waals surface area contributed by atoms with Gasteiger partial charge in [-0.25, -0.2) is 4.39 Å². The van der Waals surface area contributed by atoms with E-state index in [0.29, 0.717) is 5.76 Å². The van der Waals surface area contributed by atoms with Gasteiger partial charge in [0, 0.05) is 30.6 Å². The number of hydrogen-bond acceptors (Lipinski definition) is 6. The van der Waals surface area contributed by atoms with E-state index in [4.69, 9.17) is 8.94 Å². The van der Waals surface area contributed by atoms with E-state index < -0.39 is 29.6 Å². The van der Waals surface area contributed by atoms with Gasteiger partial charge in [0.2, 0.25) is 11.8 Å². The molecule has 4 rings (SSSR count). The van der Waals surface area contributed by atoms with Crippen molar-refractivity contribution in [2.24, 2.45) is 0 Å². The van der Waals surface area contributed by atoms with Crippen molar-refractivity contribution < 1.29 is 27.7 Å². The van der Waals surface area contributed by atoms with Crippen molar-refractivity contribution in [2.45, 2.75) is 57.5 Å². The molecule has 1 aliphatic carbocycles. The molecule has 184 valence electrons. The zero-order valence-corrected chi connectivity index (χ0v) is 19.3. The zero-order chi connectivity index (χ0) is 24.8. The number of furan rings is 1. The molecule has 10 heteroatoms. The fourth-order valence-electron chi connectivity index (χ4n) is 4.21. The van der Waals surface area contributed by atoms with Crippen molar-refractivity contribution in [1.82, 2.24) is 10.5 Å². The minimum absolute atomic E-state index is 0.00104. The highest BCUT2D eigenvalue weighted by atomic mass is 19.1. The summed E-state index contributed by atoms with van der Waals surface area (Å²) in [5.74, 6) is -0.961. The number of carbonyl (C=O) groups is 3. The highest BCUT2D eigenvalue weighted by Crippen LogP contribution is 2.31. The molecular weight excluding hydrogens is 455 g/mol. The van der Waals surface area contributed by atoms with Crippen LogP contribution in [0.1, 0.15) is 56.1 Å². The Balaban J connectivity index is 1.58. The molecule has 1 saturated carbocycles. The third-order valence-corrected chi connectivity index (χ3v) is 5.84. The number of carbonyl (C=O) groups excluding carboxylic acids is 3. The van der Waals surface area contributed by atoms with Gasteiger partial charge < -0.3 is 19.6 Å². The Kier molecular flexibility index (Phi) is 7.59. The molecule has 0 radical (unpaired) electrons. The van der Waals surface area contributed by atoms with E-state index in [1.165, 1.54) is 35.4 Å². The fourth-order valence-corrected chi connectivity index (χ4v) is 4.21. The lowest BCUT2D eigenvalue weighted by Gasteiger charge is -2.31. The number of aryl methyl sites for hydroxylation is 1. The first-order valence-electron chi connectivity index (χ1n) is 11.6. The van der Waals surface area contributed by atoms with Gasteiger partial charge in [-0.05, 0) is 50.1 Å². The average molecular weight is 483 g/mol. The summed E-state index contributed by atoms with van der Waals surface area (Å²) in [4.78, 5) is 40.5. The number of anilines is 2. The molecule has 35 heavy (non-hydrogen) atoms. The van der Waals surface area contributed by atoms with Gasteiger partial charge in [0.15, 0.2) is 11.9 Å². The van der Waals surface area contributed by atoms with Crippen LogP contribution in [-0.2, 0) is 14.4 Å².